The molecule has 2 heterocycles. The van der Waals surface area contributed by atoms with Crippen LogP contribution in [0.1, 0.15) is 10.4 Å². The normalized spacial score (nSPS) is 12.6. The van der Waals surface area contributed by atoms with Gasteiger partial charge in [-0.05, 0) is 11.4 Å². The Bertz CT molecular complexity index is 536. The van der Waals surface area contributed by atoms with Gasteiger partial charge in [0, 0.05) is 0 Å². The van der Waals surface area contributed by atoms with Crippen LogP contribution in [-0.2, 0) is 6.54 Å². The van der Waals surface area contributed by atoms with E-state index in [-0.39, 0.29) is 19.0 Å². The Hall–Kier alpha value is -1.70. The number of aromatic nitrogens is 2. The quantitative estimate of drug-likeness (QED) is 0.679. The second kappa shape index (κ2) is 5.30. The smallest absolute Gasteiger partial charge is 0.156 e. The maximum Gasteiger partial charge on any atom is 0.156 e. The molecule has 2 aromatic heterocycles. The Morgan fingerprint density at radius 2 is 2.39 bits per heavy atom. The van der Waals surface area contributed by atoms with Crippen molar-refractivity contribution in [3.05, 3.63) is 23.1 Å². The van der Waals surface area contributed by atoms with Crippen LogP contribution in [-0.4, -0.2) is 39.0 Å². The lowest BCUT2D eigenvalue weighted by Crippen LogP contribution is -2.21. The highest BCUT2D eigenvalue weighted by atomic mass is 32.1. The van der Waals surface area contributed by atoms with E-state index in [4.69, 9.17) is 10.8 Å². The summed E-state index contributed by atoms with van der Waals surface area (Å²) in [5, 5.41) is 24.3. The second-order valence-electron chi connectivity index (χ2n) is 3.76. The van der Waals surface area contributed by atoms with Crippen LogP contribution in [0.4, 0.5) is 5.82 Å². The first-order chi connectivity index (χ1) is 8.67. The van der Waals surface area contributed by atoms with Gasteiger partial charge in [0.05, 0.1) is 29.7 Å². The summed E-state index contributed by atoms with van der Waals surface area (Å²) in [6.45, 7) is -0.335. The van der Waals surface area contributed by atoms with Crippen molar-refractivity contribution < 1.29 is 15.0 Å². The maximum absolute atomic E-state index is 11.1. The Morgan fingerprint density at radius 3 is 2.94 bits per heavy atom. The van der Waals surface area contributed by atoms with E-state index in [1.165, 1.54) is 16.0 Å². The number of hydrogen-bond acceptors (Lipinski definition) is 6. The summed E-state index contributed by atoms with van der Waals surface area (Å²) in [4.78, 5) is 11.9. The van der Waals surface area contributed by atoms with Crippen molar-refractivity contribution in [3.8, 4) is 10.6 Å². The van der Waals surface area contributed by atoms with E-state index in [9.17, 15) is 9.90 Å². The number of nitrogen functional groups attached to an aromatic ring is 1. The molecular weight excluding hydrogens is 254 g/mol. The third-order valence-corrected chi connectivity index (χ3v) is 3.37. The first-order valence-electron chi connectivity index (χ1n) is 5.31. The van der Waals surface area contributed by atoms with Crippen LogP contribution in [0.5, 0.6) is 0 Å². The largest absolute Gasteiger partial charge is 0.394 e. The van der Waals surface area contributed by atoms with Gasteiger partial charge in [0.1, 0.15) is 11.5 Å². The van der Waals surface area contributed by atoms with Gasteiger partial charge in [0.15, 0.2) is 6.29 Å². The minimum Gasteiger partial charge on any atom is -0.394 e. The molecule has 0 amide bonds. The molecule has 1 atom stereocenters. The second-order valence-corrected chi connectivity index (χ2v) is 4.71. The van der Waals surface area contributed by atoms with Gasteiger partial charge in [-0.25, -0.2) is 4.68 Å². The molecule has 7 heteroatoms. The molecule has 0 spiro atoms. The average molecular weight is 267 g/mol. The number of carbonyl (C=O) groups is 1. The monoisotopic (exact) mass is 267 g/mol. The molecule has 0 aliphatic carbocycles. The zero-order chi connectivity index (χ0) is 13.1. The molecule has 0 saturated heterocycles. The summed E-state index contributed by atoms with van der Waals surface area (Å²) in [6, 6.07) is 3.69. The third-order valence-electron chi connectivity index (χ3n) is 2.50. The molecule has 4 N–H and O–H groups in total. The summed E-state index contributed by atoms with van der Waals surface area (Å²) in [7, 11) is 0. The van der Waals surface area contributed by atoms with Gasteiger partial charge in [0.25, 0.3) is 0 Å². The summed E-state index contributed by atoms with van der Waals surface area (Å²) >= 11 is 1.45. The molecule has 2 rings (SSSR count). The summed E-state index contributed by atoms with van der Waals surface area (Å²) in [5.74, 6) is 0.195. The van der Waals surface area contributed by atoms with Crippen LogP contribution < -0.4 is 5.73 Å². The number of thiophene rings is 1. The van der Waals surface area contributed by atoms with Crippen molar-refractivity contribution in [1.29, 1.82) is 0 Å². The molecule has 0 aliphatic rings. The Balaban J connectivity index is 2.42. The van der Waals surface area contributed by atoms with Gasteiger partial charge < -0.3 is 15.9 Å². The fourth-order valence-electron chi connectivity index (χ4n) is 1.60. The summed E-state index contributed by atoms with van der Waals surface area (Å²) in [6.07, 6.45) is -0.304. The molecule has 0 saturated carbocycles. The van der Waals surface area contributed by atoms with E-state index < -0.39 is 6.10 Å². The van der Waals surface area contributed by atoms with Crippen LogP contribution in [0.2, 0.25) is 0 Å². The van der Waals surface area contributed by atoms with E-state index in [1.807, 2.05) is 17.5 Å². The molecule has 6 nitrogen and oxygen atoms in total. The fourth-order valence-corrected chi connectivity index (χ4v) is 2.32. The highest BCUT2D eigenvalue weighted by Gasteiger charge is 2.18. The summed E-state index contributed by atoms with van der Waals surface area (Å²) in [5.41, 5.74) is 6.62. The number of carbonyl (C=O) groups excluding carboxylic acids is 1. The predicted molar refractivity (Wildman–Crippen MR) is 68.4 cm³/mol. The highest BCUT2D eigenvalue weighted by Crippen LogP contribution is 2.29. The predicted octanol–water partition coefficient (Wildman–Crippen LogP) is 0.359. The number of rotatable bonds is 5. The number of aliphatic hydroxyl groups excluding tert-OH is 2. The van der Waals surface area contributed by atoms with Crippen molar-refractivity contribution in [2.24, 2.45) is 0 Å². The Morgan fingerprint density at radius 1 is 1.61 bits per heavy atom. The van der Waals surface area contributed by atoms with Crippen LogP contribution in [0, 0.1) is 0 Å². The number of anilines is 1. The molecule has 0 aliphatic heterocycles. The molecule has 18 heavy (non-hydrogen) atoms. The third kappa shape index (κ3) is 2.28. The van der Waals surface area contributed by atoms with Gasteiger partial charge in [-0.1, -0.05) is 6.07 Å². The standard InChI is InChI=1S/C11H13N3O3S/c12-11-8(6-16)10(9-2-1-3-18-9)13-14(11)4-7(17)5-15/h1-3,6-7,15,17H,4-5,12H2. The number of nitrogens with zero attached hydrogens (tertiary/aromatic N) is 2. The van der Waals surface area contributed by atoms with Crippen molar-refractivity contribution in [2.45, 2.75) is 12.6 Å². The maximum atomic E-state index is 11.1. The number of nitrogens with two attached hydrogens (primary N) is 1. The topological polar surface area (TPSA) is 101 Å². The minimum absolute atomic E-state index is 0.0501. The molecule has 0 fully saturated rings. The van der Waals surface area contributed by atoms with Crippen molar-refractivity contribution in [1.82, 2.24) is 9.78 Å². The lowest BCUT2D eigenvalue weighted by atomic mass is 10.2. The molecule has 0 aromatic carbocycles. The van der Waals surface area contributed by atoms with Crippen LogP contribution in [0.25, 0.3) is 10.6 Å². The molecule has 96 valence electrons. The highest BCUT2D eigenvalue weighted by molar-refractivity contribution is 7.13. The van der Waals surface area contributed by atoms with Gasteiger partial charge in [-0.15, -0.1) is 11.3 Å². The van der Waals surface area contributed by atoms with E-state index >= 15 is 0 Å². The Labute approximate surface area is 107 Å². The molecule has 2 aromatic rings. The molecule has 0 bridgehead atoms. The van der Waals surface area contributed by atoms with E-state index in [0.717, 1.165) is 4.88 Å². The lowest BCUT2D eigenvalue weighted by molar-refractivity contribution is 0.0788. The minimum atomic E-state index is -0.956. The fraction of sp³-hybridized carbons (Fsp3) is 0.273. The zero-order valence-corrected chi connectivity index (χ0v) is 10.3. The first-order valence-corrected chi connectivity index (χ1v) is 6.19. The summed E-state index contributed by atoms with van der Waals surface area (Å²) < 4.78 is 1.33. The SMILES string of the molecule is Nc1c(C=O)c(-c2cccs2)nn1CC(O)CO. The van der Waals surface area contributed by atoms with Crippen molar-refractivity contribution in [2.75, 3.05) is 12.3 Å². The Kier molecular flexibility index (Phi) is 3.75. The van der Waals surface area contributed by atoms with E-state index in [2.05, 4.69) is 5.10 Å². The van der Waals surface area contributed by atoms with Gasteiger partial charge in [0.2, 0.25) is 0 Å². The van der Waals surface area contributed by atoms with Gasteiger partial charge >= 0.3 is 0 Å². The van der Waals surface area contributed by atoms with E-state index in [0.29, 0.717) is 17.5 Å². The van der Waals surface area contributed by atoms with Gasteiger partial charge in [-0.2, -0.15) is 5.10 Å². The van der Waals surface area contributed by atoms with Crippen LogP contribution in [0.15, 0.2) is 17.5 Å². The molecule has 0 radical (unpaired) electrons. The first kappa shape index (κ1) is 12.7. The van der Waals surface area contributed by atoms with Crippen LogP contribution >= 0.6 is 11.3 Å². The lowest BCUT2D eigenvalue weighted by Gasteiger charge is -2.08. The average Bonchev–Trinajstić information content (AvgIpc) is 2.98. The molecule has 1 unspecified atom stereocenters. The number of aldehydes is 1. The zero-order valence-electron chi connectivity index (χ0n) is 9.48. The van der Waals surface area contributed by atoms with Crippen molar-refractivity contribution >= 4 is 23.4 Å². The van der Waals surface area contributed by atoms with Crippen LogP contribution in [0.3, 0.4) is 0 Å². The molecular formula is C11H13N3O3S. The van der Waals surface area contributed by atoms with Crippen molar-refractivity contribution in [3.63, 3.8) is 0 Å². The number of aliphatic hydroxyl groups is 2. The number of hydrogen-bond donors (Lipinski definition) is 3. The van der Waals surface area contributed by atoms with Gasteiger partial charge in [-0.3, -0.25) is 4.79 Å². The van der Waals surface area contributed by atoms with E-state index in [1.54, 1.807) is 0 Å².